The number of rotatable bonds is 8. The van der Waals surface area contributed by atoms with Crippen LogP contribution >= 0.6 is 19.4 Å². The predicted octanol–water partition coefficient (Wildman–Crippen LogP) is 3.55. The minimum Gasteiger partial charge on any atom is -0.394 e. The molecule has 0 aliphatic carbocycles. The van der Waals surface area contributed by atoms with Crippen molar-refractivity contribution in [1.29, 1.82) is 0 Å². The first kappa shape index (κ1) is 23.1. The summed E-state index contributed by atoms with van der Waals surface area (Å²) < 4.78 is 53.5. The largest absolute Gasteiger partial charge is 0.615 e. The Morgan fingerprint density at radius 1 is 1.00 bits per heavy atom. The molecule has 2 aliphatic rings. The first-order chi connectivity index (χ1) is 15.1. The van der Waals surface area contributed by atoms with Gasteiger partial charge in [0.15, 0.2) is 15.2 Å². The minimum atomic E-state index is -4.34. The summed E-state index contributed by atoms with van der Waals surface area (Å²) in [6.45, 7) is 2.57. The van der Waals surface area contributed by atoms with Gasteiger partial charge in [-0.2, -0.15) is 0 Å². The number of fused-ring (bicyclic) bond motifs is 1. The second-order valence-corrected chi connectivity index (χ2v) is 12.3. The van der Waals surface area contributed by atoms with Crippen LogP contribution in [0.1, 0.15) is 13.8 Å². The SMILES string of the molecule is CC1(C)[C@H](COOP(=O)(Oc2ccccc2)Oc2ccccc2)N2C(=O)[C@H](Cl)[C@@H]2S1(=O)=O. The van der Waals surface area contributed by atoms with Gasteiger partial charge < -0.3 is 13.9 Å². The number of hydrogen-bond acceptors (Lipinski definition) is 8. The van der Waals surface area contributed by atoms with Gasteiger partial charge in [0, 0.05) is 0 Å². The zero-order valence-corrected chi connectivity index (χ0v) is 19.6. The molecule has 2 aliphatic heterocycles. The summed E-state index contributed by atoms with van der Waals surface area (Å²) in [5.74, 6) is -0.0899. The molecular weight excluding hydrogens is 481 g/mol. The van der Waals surface area contributed by atoms with Crippen molar-refractivity contribution in [3.8, 4) is 11.5 Å². The second kappa shape index (κ2) is 8.35. The van der Waals surface area contributed by atoms with Gasteiger partial charge in [0.25, 0.3) is 0 Å². The molecule has 1 amide bonds. The normalized spacial score (nSPS) is 25.7. The Labute approximate surface area is 190 Å². The first-order valence-electron chi connectivity index (χ1n) is 9.67. The Balaban J connectivity index is 1.51. The fraction of sp³-hybridized carbons (Fsp3) is 0.350. The van der Waals surface area contributed by atoms with Crippen LogP contribution in [-0.2, 0) is 28.8 Å². The van der Waals surface area contributed by atoms with Crippen molar-refractivity contribution in [3.63, 3.8) is 0 Å². The number of nitrogens with zero attached hydrogens (tertiary/aromatic N) is 1. The molecule has 0 N–H and O–H groups in total. The lowest BCUT2D eigenvalue weighted by Gasteiger charge is -2.40. The third-order valence-corrected chi connectivity index (χ3v) is 10.1. The van der Waals surface area contributed by atoms with Crippen molar-refractivity contribution in [2.45, 2.75) is 35.4 Å². The van der Waals surface area contributed by atoms with Crippen molar-refractivity contribution >= 4 is 35.2 Å². The van der Waals surface area contributed by atoms with E-state index < -0.39 is 51.7 Å². The average molecular weight is 502 g/mol. The molecule has 0 spiro atoms. The van der Waals surface area contributed by atoms with Gasteiger partial charge in [-0.3, -0.25) is 4.79 Å². The van der Waals surface area contributed by atoms with Crippen LogP contribution in [0.5, 0.6) is 11.5 Å². The van der Waals surface area contributed by atoms with Gasteiger partial charge in [-0.1, -0.05) is 36.4 Å². The van der Waals surface area contributed by atoms with Crippen molar-refractivity contribution in [1.82, 2.24) is 4.90 Å². The van der Waals surface area contributed by atoms with E-state index in [0.29, 0.717) is 0 Å². The highest BCUT2D eigenvalue weighted by molar-refractivity contribution is 7.94. The van der Waals surface area contributed by atoms with Crippen molar-refractivity contribution in [2.24, 2.45) is 0 Å². The molecule has 32 heavy (non-hydrogen) atoms. The third kappa shape index (κ3) is 3.91. The van der Waals surface area contributed by atoms with Crippen LogP contribution in [0, 0.1) is 0 Å². The van der Waals surface area contributed by atoms with Crippen LogP contribution in [0.25, 0.3) is 0 Å². The van der Waals surface area contributed by atoms with Crippen LogP contribution in [0.4, 0.5) is 0 Å². The molecule has 12 heteroatoms. The summed E-state index contributed by atoms with van der Waals surface area (Å²) in [7, 11) is -8.09. The molecule has 2 fully saturated rings. The van der Waals surface area contributed by atoms with E-state index in [2.05, 4.69) is 0 Å². The second-order valence-electron chi connectivity index (χ2n) is 7.82. The monoisotopic (exact) mass is 501 g/mol. The summed E-state index contributed by atoms with van der Waals surface area (Å²) in [4.78, 5) is 18.5. The number of para-hydroxylation sites is 2. The Morgan fingerprint density at radius 3 is 2.00 bits per heavy atom. The fourth-order valence-electron chi connectivity index (χ4n) is 3.63. The number of halogens is 1. The number of hydrogen-bond donors (Lipinski definition) is 0. The number of amides is 1. The Kier molecular flexibility index (Phi) is 6.02. The summed E-state index contributed by atoms with van der Waals surface area (Å²) in [5, 5.41) is -2.27. The van der Waals surface area contributed by atoms with E-state index >= 15 is 0 Å². The predicted molar refractivity (Wildman–Crippen MR) is 116 cm³/mol. The fourth-order valence-corrected chi connectivity index (χ4v) is 7.48. The summed E-state index contributed by atoms with van der Waals surface area (Å²) in [5.41, 5.74) is 0. The average Bonchev–Trinajstić information content (AvgIpc) is 2.89. The number of phosphoric acid groups is 1. The summed E-state index contributed by atoms with van der Waals surface area (Å²) >= 11 is 5.94. The van der Waals surface area contributed by atoms with Crippen molar-refractivity contribution in [2.75, 3.05) is 6.61 Å². The zero-order valence-electron chi connectivity index (χ0n) is 17.2. The molecule has 2 aromatic rings. The zero-order chi connectivity index (χ0) is 23.1. The number of carbonyl (C=O) groups excluding carboxylic acids is 1. The van der Waals surface area contributed by atoms with E-state index in [0.717, 1.165) is 4.90 Å². The molecule has 0 unspecified atom stereocenters. The highest BCUT2D eigenvalue weighted by Crippen LogP contribution is 2.51. The van der Waals surface area contributed by atoms with Gasteiger partial charge in [-0.05, 0) is 38.1 Å². The molecular formula is C20H21ClNO8PS. The van der Waals surface area contributed by atoms with Gasteiger partial charge in [0.2, 0.25) is 5.91 Å². The molecule has 172 valence electrons. The first-order valence-corrected chi connectivity index (χ1v) is 13.1. The lowest BCUT2D eigenvalue weighted by molar-refractivity contribution is -0.232. The summed E-state index contributed by atoms with van der Waals surface area (Å²) in [6, 6.07) is 15.5. The lowest BCUT2D eigenvalue weighted by Crippen LogP contribution is -2.63. The Morgan fingerprint density at radius 2 is 1.50 bits per heavy atom. The lowest BCUT2D eigenvalue weighted by atomic mass is 9.99. The van der Waals surface area contributed by atoms with Crippen LogP contribution < -0.4 is 9.05 Å². The maximum Gasteiger partial charge on any atom is 0.615 e. The van der Waals surface area contributed by atoms with E-state index in [4.69, 9.17) is 30.2 Å². The van der Waals surface area contributed by atoms with Gasteiger partial charge >= 0.3 is 7.82 Å². The molecule has 0 aromatic heterocycles. The molecule has 2 heterocycles. The van der Waals surface area contributed by atoms with Gasteiger partial charge in [0.05, 0.1) is 10.8 Å². The van der Waals surface area contributed by atoms with Gasteiger partial charge in [-0.15, -0.1) is 16.3 Å². The van der Waals surface area contributed by atoms with Gasteiger partial charge in [-0.25, -0.2) is 17.9 Å². The van der Waals surface area contributed by atoms with E-state index in [1.54, 1.807) is 60.7 Å². The number of benzene rings is 2. The van der Waals surface area contributed by atoms with Crippen molar-refractivity contribution < 1.29 is 36.4 Å². The minimum absolute atomic E-state index is 0.210. The van der Waals surface area contributed by atoms with Gasteiger partial charge in [0.1, 0.15) is 23.5 Å². The van der Waals surface area contributed by atoms with Crippen LogP contribution in [0.3, 0.4) is 0 Å². The molecule has 0 bridgehead atoms. The number of β-lactam (4-membered cyclic amide) rings is 1. The highest BCUT2D eigenvalue weighted by Gasteiger charge is 2.69. The number of carbonyl (C=O) groups is 1. The van der Waals surface area contributed by atoms with E-state index in [1.807, 2.05) is 0 Å². The van der Waals surface area contributed by atoms with E-state index in [-0.39, 0.29) is 11.5 Å². The maximum absolute atomic E-state index is 13.3. The molecule has 4 rings (SSSR count). The maximum atomic E-state index is 13.3. The van der Waals surface area contributed by atoms with E-state index in [9.17, 15) is 17.8 Å². The number of phosphoric ester groups is 1. The smallest absolute Gasteiger partial charge is 0.394 e. The Hall–Kier alpha value is -2.10. The molecule has 3 atom stereocenters. The quantitative estimate of drug-likeness (QED) is 0.178. The number of alkyl halides is 1. The third-order valence-electron chi connectivity index (χ3n) is 5.50. The summed E-state index contributed by atoms with van der Waals surface area (Å²) in [6.07, 6.45) is 0. The molecule has 0 radical (unpaired) electrons. The molecule has 2 saturated heterocycles. The number of sulfone groups is 1. The van der Waals surface area contributed by atoms with Crippen LogP contribution in [-0.4, -0.2) is 47.4 Å². The Bertz CT molecular complexity index is 1100. The van der Waals surface area contributed by atoms with Crippen LogP contribution in [0.15, 0.2) is 60.7 Å². The highest BCUT2D eigenvalue weighted by atomic mass is 35.5. The molecule has 2 aromatic carbocycles. The standard InChI is InChI=1S/C20H21ClNO8PS/c1-20(2)16(22-18(23)17(21)19(22)32(20,25)26)13-27-30-31(24,28-14-9-5-3-6-10-14)29-15-11-7-4-8-12-15/h3-12,16-17,19H,13H2,1-2H3/t16-,17-,19-/m0/s1. The topological polar surface area (TPSA) is 108 Å². The van der Waals surface area contributed by atoms with E-state index in [1.165, 1.54) is 13.8 Å². The molecule has 9 nitrogen and oxygen atoms in total. The molecule has 0 saturated carbocycles. The van der Waals surface area contributed by atoms with Crippen LogP contribution in [0.2, 0.25) is 0 Å². The van der Waals surface area contributed by atoms with Crippen molar-refractivity contribution in [3.05, 3.63) is 60.7 Å².